The van der Waals surface area contributed by atoms with E-state index in [2.05, 4.69) is 30.2 Å². The molecule has 0 unspecified atom stereocenters. The van der Waals surface area contributed by atoms with Crippen LogP contribution in [0.3, 0.4) is 0 Å². The third kappa shape index (κ3) is 4.67. The number of nitrogens with zero attached hydrogens (tertiary/aromatic N) is 1. The van der Waals surface area contributed by atoms with Gasteiger partial charge in [-0.2, -0.15) is 11.8 Å². The maximum Gasteiger partial charge on any atom is 0.0573 e. The number of hydrogen-bond acceptors (Lipinski definition) is 3. The molecule has 1 rings (SSSR count). The molecule has 0 bridgehead atoms. The van der Waals surface area contributed by atoms with Gasteiger partial charge in [0.25, 0.3) is 0 Å². The van der Waals surface area contributed by atoms with Crippen LogP contribution in [-0.4, -0.2) is 23.0 Å². The molecule has 1 aromatic heterocycles. The van der Waals surface area contributed by atoms with Gasteiger partial charge in [-0.25, -0.2) is 0 Å². The topological polar surface area (TPSA) is 24.9 Å². The van der Waals surface area contributed by atoms with E-state index >= 15 is 0 Å². The highest BCUT2D eigenvalue weighted by Gasteiger charge is 1.99. The van der Waals surface area contributed by atoms with Gasteiger partial charge >= 0.3 is 0 Å². The van der Waals surface area contributed by atoms with Crippen LogP contribution in [0, 0.1) is 0 Å². The summed E-state index contributed by atoms with van der Waals surface area (Å²) in [6, 6.07) is 4.17. The summed E-state index contributed by atoms with van der Waals surface area (Å²) in [4.78, 5) is 4.40. The van der Waals surface area contributed by atoms with Gasteiger partial charge in [-0.15, -0.1) is 0 Å². The minimum atomic E-state index is 0.897. The van der Waals surface area contributed by atoms with E-state index in [0.717, 1.165) is 19.5 Å². The van der Waals surface area contributed by atoms with Gasteiger partial charge in [0.15, 0.2) is 0 Å². The van der Waals surface area contributed by atoms with Crippen molar-refractivity contribution in [2.24, 2.45) is 0 Å². The summed E-state index contributed by atoms with van der Waals surface area (Å²) >= 11 is 1.97. The molecule has 1 aromatic rings. The van der Waals surface area contributed by atoms with Crippen molar-refractivity contribution in [1.82, 2.24) is 10.3 Å². The van der Waals surface area contributed by atoms with E-state index in [1.165, 1.54) is 22.8 Å². The van der Waals surface area contributed by atoms with Crippen molar-refractivity contribution in [3.05, 3.63) is 29.6 Å². The van der Waals surface area contributed by atoms with Gasteiger partial charge < -0.3 is 5.32 Å². The van der Waals surface area contributed by atoms with E-state index < -0.39 is 0 Å². The van der Waals surface area contributed by atoms with Crippen molar-refractivity contribution in [2.75, 3.05) is 18.1 Å². The lowest BCUT2D eigenvalue weighted by atomic mass is 10.1. The summed E-state index contributed by atoms with van der Waals surface area (Å²) in [7, 11) is 0. The normalized spacial score (nSPS) is 10.5. The van der Waals surface area contributed by atoms with Crippen LogP contribution < -0.4 is 5.32 Å². The molecule has 15 heavy (non-hydrogen) atoms. The number of nitrogens with one attached hydrogen (secondary N) is 1. The van der Waals surface area contributed by atoms with Crippen molar-refractivity contribution in [3.8, 4) is 0 Å². The predicted octanol–water partition coefficient (Wildman–Crippen LogP) is 2.49. The smallest absolute Gasteiger partial charge is 0.0573 e. The van der Waals surface area contributed by atoms with E-state index in [0.29, 0.717) is 0 Å². The van der Waals surface area contributed by atoms with Gasteiger partial charge in [-0.1, -0.05) is 19.9 Å². The summed E-state index contributed by atoms with van der Waals surface area (Å²) in [5.74, 6) is 2.39. The molecule has 1 heterocycles. The molecule has 0 saturated heterocycles. The van der Waals surface area contributed by atoms with Crippen LogP contribution in [0.15, 0.2) is 18.3 Å². The Bertz CT molecular complexity index is 276. The Balaban J connectivity index is 2.30. The van der Waals surface area contributed by atoms with Crippen LogP contribution in [0.1, 0.15) is 25.1 Å². The van der Waals surface area contributed by atoms with Crippen LogP contribution in [-0.2, 0) is 13.0 Å². The molecule has 0 saturated carbocycles. The van der Waals surface area contributed by atoms with Crippen molar-refractivity contribution in [1.29, 1.82) is 0 Å². The Morgan fingerprint density at radius 2 is 2.27 bits per heavy atom. The molecule has 0 aromatic carbocycles. The second kappa shape index (κ2) is 7.71. The van der Waals surface area contributed by atoms with Crippen molar-refractivity contribution in [2.45, 2.75) is 26.8 Å². The predicted molar refractivity (Wildman–Crippen MR) is 68.3 cm³/mol. The molecule has 0 fully saturated rings. The second-order valence-corrected chi connectivity index (χ2v) is 4.73. The molecular formula is C12H20N2S. The Hall–Kier alpha value is -0.540. The maximum absolute atomic E-state index is 4.40. The highest BCUT2D eigenvalue weighted by atomic mass is 32.2. The number of hydrogen-bond donors (Lipinski definition) is 1. The average Bonchev–Trinajstić information content (AvgIpc) is 2.29. The van der Waals surface area contributed by atoms with Gasteiger partial charge in [-0.05, 0) is 23.8 Å². The fraction of sp³-hybridized carbons (Fsp3) is 0.583. The van der Waals surface area contributed by atoms with Gasteiger partial charge in [0.1, 0.15) is 0 Å². The first-order valence-electron chi connectivity index (χ1n) is 5.59. The molecule has 3 heteroatoms. The van der Waals surface area contributed by atoms with Crippen LogP contribution in [0.25, 0.3) is 0 Å². The first kappa shape index (κ1) is 12.5. The molecule has 0 aliphatic heterocycles. The lowest BCUT2D eigenvalue weighted by Crippen LogP contribution is -2.18. The summed E-state index contributed by atoms with van der Waals surface area (Å²) in [6.45, 7) is 6.33. The van der Waals surface area contributed by atoms with Crippen LogP contribution >= 0.6 is 11.8 Å². The van der Waals surface area contributed by atoms with E-state index in [1.54, 1.807) is 0 Å². The molecule has 1 N–H and O–H groups in total. The zero-order valence-corrected chi connectivity index (χ0v) is 10.4. The zero-order chi connectivity index (χ0) is 10.9. The molecule has 84 valence electrons. The molecule has 0 radical (unpaired) electrons. The highest BCUT2D eigenvalue weighted by molar-refractivity contribution is 7.99. The average molecular weight is 224 g/mol. The van der Waals surface area contributed by atoms with E-state index in [1.807, 2.05) is 24.0 Å². The first-order valence-corrected chi connectivity index (χ1v) is 6.75. The Morgan fingerprint density at radius 3 is 3.00 bits per heavy atom. The fourth-order valence-electron chi connectivity index (χ4n) is 1.45. The Kier molecular flexibility index (Phi) is 6.44. The minimum absolute atomic E-state index is 0.897. The second-order valence-electron chi connectivity index (χ2n) is 3.34. The lowest BCUT2D eigenvalue weighted by molar-refractivity contribution is 0.707. The molecule has 2 nitrogen and oxygen atoms in total. The van der Waals surface area contributed by atoms with E-state index in [9.17, 15) is 0 Å². The number of thioether (sulfide) groups is 1. The number of aryl methyl sites for hydroxylation is 1. The molecule has 0 spiro atoms. The highest BCUT2D eigenvalue weighted by Crippen LogP contribution is 2.05. The van der Waals surface area contributed by atoms with E-state index in [4.69, 9.17) is 0 Å². The van der Waals surface area contributed by atoms with Gasteiger partial charge in [-0.3, -0.25) is 4.98 Å². The van der Waals surface area contributed by atoms with Crippen LogP contribution in [0.5, 0.6) is 0 Å². The summed E-state index contributed by atoms with van der Waals surface area (Å²) in [6.07, 6.45) is 2.94. The number of pyridine rings is 1. The van der Waals surface area contributed by atoms with Crippen molar-refractivity contribution in [3.63, 3.8) is 0 Å². The number of rotatable bonds is 7. The Labute approximate surface area is 96.9 Å². The van der Waals surface area contributed by atoms with Crippen LogP contribution in [0.2, 0.25) is 0 Å². The van der Waals surface area contributed by atoms with Gasteiger partial charge in [0.05, 0.1) is 5.69 Å². The molecule has 0 aliphatic rings. The summed E-state index contributed by atoms with van der Waals surface area (Å²) in [5.41, 5.74) is 2.55. The largest absolute Gasteiger partial charge is 0.310 e. The standard InChI is InChI=1S/C12H20N2S/c1-3-11-6-5-7-14-12(11)10-13-8-9-15-4-2/h5-7,13H,3-4,8-10H2,1-2H3. The lowest BCUT2D eigenvalue weighted by Gasteiger charge is -2.07. The van der Waals surface area contributed by atoms with Crippen molar-refractivity contribution < 1.29 is 0 Å². The molecule has 0 atom stereocenters. The van der Waals surface area contributed by atoms with Crippen LogP contribution in [0.4, 0.5) is 0 Å². The zero-order valence-electron chi connectivity index (χ0n) is 9.62. The first-order chi connectivity index (χ1) is 7.38. The van der Waals surface area contributed by atoms with E-state index in [-0.39, 0.29) is 0 Å². The van der Waals surface area contributed by atoms with Gasteiger partial charge in [0.2, 0.25) is 0 Å². The molecule has 0 amide bonds. The SMILES string of the molecule is CCSCCNCc1ncccc1CC. The quantitative estimate of drug-likeness (QED) is 0.720. The summed E-state index contributed by atoms with van der Waals surface area (Å²) < 4.78 is 0. The fourth-order valence-corrected chi connectivity index (χ4v) is 2.03. The molecular weight excluding hydrogens is 204 g/mol. The number of aromatic nitrogens is 1. The third-order valence-corrected chi connectivity index (χ3v) is 3.19. The van der Waals surface area contributed by atoms with Crippen molar-refractivity contribution >= 4 is 11.8 Å². The maximum atomic E-state index is 4.40. The molecule has 0 aliphatic carbocycles. The summed E-state index contributed by atoms with van der Waals surface area (Å²) in [5, 5.41) is 3.43. The van der Waals surface area contributed by atoms with Gasteiger partial charge in [0, 0.05) is 25.0 Å². The monoisotopic (exact) mass is 224 g/mol. The Morgan fingerprint density at radius 1 is 1.40 bits per heavy atom. The minimum Gasteiger partial charge on any atom is -0.310 e. The third-order valence-electron chi connectivity index (χ3n) is 2.29.